The molecule has 4 heteroatoms. The number of aliphatic hydroxyl groups is 1. The molecule has 0 unspecified atom stereocenters. The molecule has 0 aliphatic heterocycles. The van der Waals surface area contributed by atoms with Gasteiger partial charge in [-0.15, -0.1) is 0 Å². The highest BCUT2D eigenvalue weighted by Gasteiger charge is 2.50. The van der Waals surface area contributed by atoms with E-state index in [1.165, 1.54) is 10.4 Å². The summed E-state index contributed by atoms with van der Waals surface area (Å²) in [5.74, 6) is 0. The minimum Gasteiger partial charge on any atom is -0.405 e. The number of methoxy groups -OCH3 is 1. The van der Waals surface area contributed by atoms with Crippen molar-refractivity contribution in [2.75, 3.05) is 13.7 Å². The molecule has 33 heavy (non-hydrogen) atoms. The fourth-order valence-electron chi connectivity index (χ4n) is 4.62. The Labute approximate surface area is 203 Å². The fourth-order valence-corrected chi connectivity index (χ4v) is 9.35. The lowest BCUT2D eigenvalue weighted by Crippen LogP contribution is -2.67. The molecule has 0 aliphatic rings. The number of rotatable bonds is 14. The molecule has 0 saturated heterocycles. The van der Waals surface area contributed by atoms with Crippen LogP contribution in [0.15, 0.2) is 72.8 Å². The highest BCUT2D eigenvalue weighted by Crippen LogP contribution is 2.37. The maximum atomic E-state index is 9.06. The summed E-state index contributed by atoms with van der Waals surface area (Å²) in [6.45, 7) is 9.42. The third-order valence-corrected chi connectivity index (χ3v) is 11.5. The van der Waals surface area contributed by atoms with Crippen LogP contribution in [0.4, 0.5) is 0 Å². The summed E-state index contributed by atoms with van der Waals surface area (Å²) in [7, 11) is -0.751. The van der Waals surface area contributed by atoms with Crippen molar-refractivity contribution >= 4 is 18.7 Å². The van der Waals surface area contributed by atoms with E-state index in [1.807, 2.05) is 0 Å². The normalized spacial score (nSPS) is 14.5. The van der Waals surface area contributed by atoms with Gasteiger partial charge in [-0.25, -0.2) is 0 Å². The number of allylic oxidation sites excluding steroid dienone is 2. The molecule has 2 atom stereocenters. The van der Waals surface area contributed by atoms with Gasteiger partial charge in [0.25, 0.3) is 8.32 Å². The monoisotopic (exact) mass is 468 g/mol. The number of benzene rings is 2. The second-order valence-electron chi connectivity index (χ2n) is 9.94. The Hall–Kier alpha value is -1.72. The quantitative estimate of drug-likeness (QED) is 0.214. The van der Waals surface area contributed by atoms with Gasteiger partial charge in [-0.2, -0.15) is 0 Å². The molecule has 2 aromatic rings. The molecular weight excluding hydrogens is 424 g/mol. The van der Waals surface area contributed by atoms with Crippen molar-refractivity contribution in [1.82, 2.24) is 0 Å². The number of unbranched alkanes of at least 4 members (excludes halogenated alkanes) is 1. The smallest absolute Gasteiger partial charge is 0.261 e. The van der Waals surface area contributed by atoms with Crippen LogP contribution >= 0.6 is 0 Å². The van der Waals surface area contributed by atoms with Crippen molar-refractivity contribution in [2.45, 2.75) is 83.5 Å². The first-order valence-electron chi connectivity index (χ1n) is 12.4. The van der Waals surface area contributed by atoms with Crippen LogP contribution in [0, 0.1) is 0 Å². The Morgan fingerprint density at radius 3 is 1.88 bits per heavy atom. The van der Waals surface area contributed by atoms with Gasteiger partial charge in [0.1, 0.15) is 0 Å². The first-order valence-corrected chi connectivity index (χ1v) is 14.3. The first kappa shape index (κ1) is 27.5. The van der Waals surface area contributed by atoms with Gasteiger partial charge in [-0.1, -0.05) is 93.6 Å². The van der Waals surface area contributed by atoms with E-state index in [-0.39, 0.29) is 23.9 Å². The number of hydrogen-bond donors (Lipinski definition) is 1. The van der Waals surface area contributed by atoms with Gasteiger partial charge in [-0.05, 0) is 60.9 Å². The molecule has 0 aliphatic carbocycles. The Kier molecular flexibility index (Phi) is 11.6. The highest BCUT2D eigenvalue weighted by molar-refractivity contribution is 6.99. The molecule has 2 aromatic carbocycles. The van der Waals surface area contributed by atoms with E-state index in [4.69, 9.17) is 14.3 Å². The molecule has 0 spiro atoms. The summed E-state index contributed by atoms with van der Waals surface area (Å²) in [6.07, 6.45) is 10.7. The van der Waals surface area contributed by atoms with Crippen molar-refractivity contribution in [1.29, 1.82) is 0 Å². The summed E-state index contributed by atoms with van der Waals surface area (Å²) in [4.78, 5) is 0. The summed E-state index contributed by atoms with van der Waals surface area (Å²) in [5.41, 5.74) is 0. The van der Waals surface area contributed by atoms with E-state index in [2.05, 4.69) is 101 Å². The van der Waals surface area contributed by atoms with Crippen LogP contribution in [0.2, 0.25) is 5.04 Å². The Morgan fingerprint density at radius 2 is 1.39 bits per heavy atom. The minimum absolute atomic E-state index is 0.0102. The molecule has 0 fully saturated rings. The van der Waals surface area contributed by atoms with Gasteiger partial charge >= 0.3 is 0 Å². The molecule has 0 bridgehead atoms. The first-order chi connectivity index (χ1) is 15.8. The number of ether oxygens (including phenoxy) is 1. The summed E-state index contributed by atoms with van der Waals surface area (Å²) < 4.78 is 12.5. The van der Waals surface area contributed by atoms with Gasteiger partial charge in [0, 0.05) is 19.8 Å². The van der Waals surface area contributed by atoms with Crippen molar-refractivity contribution in [3.05, 3.63) is 72.8 Å². The van der Waals surface area contributed by atoms with E-state index < -0.39 is 8.32 Å². The van der Waals surface area contributed by atoms with Gasteiger partial charge < -0.3 is 14.3 Å². The number of hydrogen-bond acceptors (Lipinski definition) is 3. The van der Waals surface area contributed by atoms with Crippen LogP contribution in [0.25, 0.3) is 0 Å². The Balaban J connectivity index is 2.03. The second-order valence-corrected chi connectivity index (χ2v) is 14.2. The standard InChI is InChI=1S/C29H44O3Si/c1-25(17-11-7-6-8-12-18-26(31-5)23-24-30)32-33(29(2,3)4,27-19-13-9-14-20-27)28-21-15-10-16-22-28/h6,8-10,13-16,19-22,25-26,30H,7,11-12,17-18,23-24H2,1-5H3/b8-6+/t25-,26+/m1/s1. The Morgan fingerprint density at radius 1 is 0.848 bits per heavy atom. The van der Waals surface area contributed by atoms with Gasteiger partial charge in [0.2, 0.25) is 0 Å². The maximum absolute atomic E-state index is 9.06. The average molecular weight is 469 g/mol. The predicted octanol–water partition coefficient (Wildman–Crippen LogP) is 5.86. The van der Waals surface area contributed by atoms with E-state index >= 15 is 0 Å². The van der Waals surface area contributed by atoms with Crippen LogP contribution in [0.5, 0.6) is 0 Å². The van der Waals surface area contributed by atoms with E-state index in [9.17, 15) is 0 Å². The molecule has 182 valence electrons. The van der Waals surface area contributed by atoms with Crippen LogP contribution in [-0.4, -0.2) is 39.3 Å². The zero-order valence-electron chi connectivity index (χ0n) is 21.3. The lowest BCUT2D eigenvalue weighted by atomic mass is 10.1. The minimum atomic E-state index is -2.47. The third kappa shape index (κ3) is 7.92. The third-order valence-electron chi connectivity index (χ3n) is 6.38. The SMILES string of the molecule is CO[C@H](CCO)CC/C=C/CCC[C@@H](C)O[Si](c1ccccc1)(c1ccccc1)C(C)(C)C. The van der Waals surface area contributed by atoms with Crippen molar-refractivity contribution in [3.63, 3.8) is 0 Å². The maximum Gasteiger partial charge on any atom is 0.261 e. The molecule has 2 rings (SSSR count). The van der Waals surface area contributed by atoms with Gasteiger partial charge in [-0.3, -0.25) is 0 Å². The van der Waals surface area contributed by atoms with Crippen molar-refractivity contribution < 1.29 is 14.3 Å². The van der Waals surface area contributed by atoms with Crippen LogP contribution < -0.4 is 10.4 Å². The van der Waals surface area contributed by atoms with Crippen LogP contribution in [-0.2, 0) is 9.16 Å². The summed E-state index contributed by atoms with van der Waals surface area (Å²) in [6, 6.07) is 21.7. The zero-order valence-corrected chi connectivity index (χ0v) is 22.3. The van der Waals surface area contributed by atoms with E-state index in [0.29, 0.717) is 6.42 Å². The summed E-state index contributed by atoms with van der Waals surface area (Å²) in [5, 5.41) is 11.7. The van der Waals surface area contributed by atoms with Crippen LogP contribution in [0.1, 0.15) is 66.2 Å². The van der Waals surface area contributed by atoms with Crippen LogP contribution in [0.3, 0.4) is 0 Å². The molecule has 0 amide bonds. The predicted molar refractivity (Wildman–Crippen MR) is 143 cm³/mol. The van der Waals surface area contributed by atoms with Gasteiger partial charge in [0.15, 0.2) is 0 Å². The average Bonchev–Trinajstić information content (AvgIpc) is 2.81. The lowest BCUT2D eigenvalue weighted by molar-refractivity contribution is 0.0719. The van der Waals surface area contributed by atoms with E-state index in [1.54, 1.807) is 7.11 Å². The molecular formula is C29H44O3Si. The van der Waals surface area contributed by atoms with Crippen molar-refractivity contribution in [3.8, 4) is 0 Å². The second kappa shape index (κ2) is 13.9. The fraction of sp³-hybridized carbons (Fsp3) is 0.517. The van der Waals surface area contributed by atoms with Gasteiger partial charge in [0.05, 0.1) is 6.10 Å². The number of aliphatic hydroxyl groups excluding tert-OH is 1. The van der Waals surface area contributed by atoms with Crippen molar-refractivity contribution in [2.24, 2.45) is 0 Å². The molecule has 0 radical (unpaired) electrons. The molecule has 1 N–H and O–H groups in total. The molecule has 0 aromatic heterocycles. The topological polar surface area (TPSA) is 38.7 Å². The largest absolute Gasteiger partial charge is 0.405 e. The summed E-state index contributed by atoms with van der Waals surface area (Å²) >= 11 is 0. The molecule has 3 nitrogen and oxygen atoms in total. The Bertz CT molecular complexity index is 759. The molecule has 0 heterocycles. The highest BCUT2D eigenvalue weighted by atomic mass is 28.4. The lowest BCUT2D eigenvalue weighted by Gasteiger charge is -2.44. The zero-order chi connectivity index (χ0) is 24.2. The van der Waals surface area contributed by atoms with E-state index in [0.717, 1.165) is 32.1 Å². The molecule has 0 saturated carbocycles.